The van der Waals surface area contributed by atoms with Crippen LogP contribution in [0.1, 0.15) is 0 Å². The van der Waals surface area contributed by atoms with E-state index < -0.39 is 10.9 Å². The maximum atomic E-state index is 10.7. The number of hydrogen-bond acceptors (Lipinski definition) is 4. The van der Waals surface area contributed by atoms with Gasteiger partial charge in [0.15, 0.2) is 0 Å². The predicted molar refractivity (Wildman–Crippen MR) is 49.5 cm³/mol. The molecule has 0 bridgehead atoms. The fraction of sp³-hybridized carbons (Fsp3) is 0.125. The highest BCUT2D eigenvalue weighted by Crippen LogP contribution is 2.17. The molecule has 0 atom stereocenters. The number of non-ortho nitro benzene ring substituents is 1. The van der Waals surface area contributed by atoms with Crippen LogP contribution in [-0.4, -0.2) is 16.8 Å². The summed E-state index contributed by atoms with van der Waals surface area (Å²) in [6.07, 6.45) is 0. The summed E-state index contributed by atoms with van der Waals surface area (Å²) in [4.78, 5) is 20.4. The van der Waals surface area contributed by atoms with Crippen LogP contribution in [-0.2, 0) is 4.79 Å². The van der Waals surface area contributed by atoms with Crippen molar-refractivity contribution in [2.45, 2.75) is 0 Å². The van der Waals surface area contributed by atoms with Crippen LogP contribution in [0.4, 0.5) is 5.69 Å². The van der Waals surface area contributed by atoms with E-state index in [-0.39, 0.29) is 17.3 Å². The molecule has 1 aromatic rings. The van der Waals surface area contributed by atoms with Crippen molar-refractivity contribution >= 4 is 23.3 Å². The van der Waals surface area contributed by atoms with Gasteiger partial charge in [0, 0.05) is 12.1 Å². The van der Waals surface area contributed by atoms with Gasteiger partial charge in [-0.05, 0) is 12.1 Å². The molecule has 0 unspecified atom stereocenters. The van der Waals surface area contributed by atoms with Crippen molar-refractivity contribution in [2.75, 3.05) is 5.88 Å². The summed E-state index contributed by atoms with van der Waals surface area (Å²) < 4.78 is 4.70. The van der Waals surface area contributed by atoms with E-state index in [1.807, 2.05) is 0 Å². The molecule has 0 aliphatic rings. The second kappa shape index (κ2) is 4.57. The number of carbonyl (C=O) groups excluding carboxylic acids is 1. The van der Waals surface area contributed by atoms with E-state index in [2.05, 4.69) is 0 Å². The molecule has 6 heteroatoms. The van der Waals surface area contributed by atoms with Crippen LogP contribution in [0.2, 0.25) is 0 Å². The van der Waals surface area contributed by atoms with E-state index in [1.54, 1.807) is 0 Å². The first kappa shape index (κ1) is 10.5. The Morgan fingerprint density at radius 2 is 2.00 bits per heavy atom. The maximum absolute atomic E-state index is 10.7. The SMILES string of the molecule is O=C(CCl)Oc1ccc([N+](=O)[O-])cc1. The Kier molecular flexibility index (Phi) is 3.41. The van der Waals surface area contributed by atoms with E-state index in [4.69, 9.17) is 16.3 Å². The van der Waals surface area contributed by atoms with E-state index in [9.17, 15) is 14.9 Å². The summed E-state index contributed by atoms with van der Waals surface area (Å²) in [5.74, 6) is -0.612. The lowest BCUT2D eigenvalue weighted by Gasteiger charge is -2.00. The Morgan fingerprint density at radius 1 is 1.43 bits per heavy atom. The molecule has 0 spiro atoms. The lowest BCUT2D eigenvalue weighted by molar-refractivity contribution is -0.384. The lowest BCUT2D eigenvalue weighted by atomic mass is 10.3. The molecule has 0 N–H and O–H groups in total. The highest BCUT2D eigenvalue weighted by atomic mass is 35.5. The van der Waals surface area contributed by atoms with Crippen LogP contribution in [0.3, 0.4) is 0 Å². The van der Waals surface area contributed by atoms with E-state index in [0.29, 0.717) is 0 Å². The molecule has 1 aromatic carbocycles. The molecule has 0 saturated carbocycles. The third kappa shape index (κ3) is 2.70. The van der Waals surface area contributed by atoms with Crippen LogP contribution in [0.5, 0.6) is 5.75 Å². The first-order chi connectivity index (χ1) is 6.63. The summed E-state index contributed by atoms with van der Waals surface area (Å²) in [7, 11) is 0. The minimum atomic E-state index is -0.597. The number of hydrogen-bond donors (Lipinski definition) is 0. The quantitative estimate of drug-likeness (QED) is 0.253. The first-order valence-corrected chi connectivity index (χ1v) is 4.18. The summed E-state index contributed by atoms with van der Waals surface area (Å²) in [6, 6.07) is 5.17. The van der Waals surface area contributed by atoms with Gasteiger partial charge in [-0.15, -0.1) is 11.6 Å². The zero-order chi connectivity index (χ0) is 10.6. The zero-order valence-electron chi connectivity index (χ0n) is 6.97. The molecule has 0 fully saturated rings. The summed E-state index contributed by atoms with van der Waals surface area (Å²) in [6.45, 7) is 0. The standard InChI is InChI=1S/C8H6ClNO4/c9-5-8(11)14-7-3-1-6(2-4-7)10(12)13/h1-4H,5H2. The number of rotatable bonds is 3. The van der Waals surface area contributed by atoms with Gasteiger partial charge in [-0.1, -0.05) is 0 Å². The molecule has 0 aliphatic heterocycles. The van der Waals surface area contributed by atoms with Crippen LogP contribution in [0.15, 0.2) is 24.3 Å². The van der Waals surface area contributed by atoms with Crippen molar-refractivity contribution in [1.29, 1.82) is 0 Å². The number of halogens is 1. The van der Waals surface area contributed by atoms with Gasteiger partial charge < -0.3 is 4.74 Å². The summed E-state index contributed by atoms with van der Waals surface area (Å²) >= 11 is 5.20. The fourth-order valence-electron chi connectivity index (χ4n) is 0.795. The highest BCUT2D eigenvalue weighted by Gasteiger charge is 2.06. The summed E-state index contributed by atoms with van der Waals surface area (Å²) in [5.41, 5.74) is -0.0596. The molecular weight excluding hydrogens is 210 g/mol. The Hall–Kier alpha value is -1.62. The van der Waals surface area contributed by atoms with Crippen molar-refractivity contribution in [3.05, 3.63) is 34.4 Å². The molecule has 0 aromatic heterocycles. The van der Waals surface area contributed by atoms with Crippen molar-refractivity contribution in [2.24, 2.45) is 0 Å². The number of nitro groups is 1. The van der Waals surface area contributed by atoms with Crippen LogP contribution in [0, 0.1) is 10.1 Å². The number of ether oxygens (including phenoxy) is 1. The molecule has 14 heavy (non-hydrogen) atoms. The molecule has 0 radical (unpaired) electrons. The Labute approximate surface area is 84.4 Å². The molecule has 74 valence electrons. The number of nitro benzene ring substituents is 1. The van der Waals surface area contributed by atoms with Crippen molar-refractivity contribution in [3.8, 4) is 5.75 Å². The summed E-state index contributed by atoms with van der Waals surface area (Å²) in [5, 5.41) is 10.3. The molecule has 0 amide bonds. The predicted octanol–water partition coefficient (Wildman–Crippen LogP) is 1.74. The van der Waals surface area contributed by atoms with Crippen LogP contribution < -0.4 is 4.74 Å². The smallest absolute Gasteiger partial charge is 0.326 e. The van der Waals surface area contributed by atoms with Gasteiger partial charge in [-0.3, -0.25) is 14.9 Å². The largest absolute Gasteiger partial charge is 0.426 e. The lowest BCUT2D eigenvalue weighted by Crippen LogP contribution is -2.08. The Bertz CT molecular complexity index is 349. The van der Waals surface area contributed by atoms with Gasteiger partial charge in [-0.2, -0.15) is 0 Å². The van der Waals surface area contributed by atoms with Crippen LogP contribution >= 0.6 is 11.6 Å². The second-order valence-corrected chi connectivity index (χ2v) is 2.63. The topological polar surface area (TPSA) is 69.4 Å². The van der Waals surface area contributed by atoms with E-state index in [1.165, 1.54) is 24.3 Å². The van der Waals surface area contributed by atoms with Gasteiger partial charge in [0.25, 0.3) is 5.69 Å². The first-order valence-electron chi connectivity index (χ1n) is 3.64. The van der Waals surface area contributed by atoms with Gasteiger partial charge >= 0.3 is 5.97 Å². The molecule has 0 aliphatic carbocycles. The Morgan fingerprint density at radius 3 is 2.43 bits per heavy atom. The number of carbonyl (C=O) groups is 1. The number of nitrogens with zero attached hydrogens (tertiary/aromatic N) is 1. The van der Waals surface area contributed by atoms with Crippen molar-refractivity contribution < 1.29 is 14.5 Å². The fourth-order valence-corrected chi connectivity index (χ4v) is 0.849. The number of alkyl halides is 1. The average Bonchev–Trinajstić information content (AvgIpc) is 2.18. The number of esters is 1. The number of benzene rings is 1. The van der Waals surface area contributed by atoms with Crippen molar-refractivity contribution in [1.82, 2.24) is 0 Å². The van der Waals surface area contributed by atoms with Crippen molar-refractivity contribution in [3.63, 3.8) is 0 Å². The molecule has 0 heterocycles. The minimum Gasteiger partial charge on any atom is -0.426 e. The van der Waals surface area contributed by atoms with Gasteiger partial charge in [0.2, 0.25) is 0 Å². The molecular formula is C8H6ClNO4. The third-order valence-electron chi connectivity index (χ3n) is 1.39. The van der Waals surface area contributed by atoms with E-state index in [0.717, 1.165) is 0 Å². The molecule has 5 nitrogen and oxygen atoms in total. The monoisotopic (exact) mass is 215 g/mol. The van der Waals surface area contributed by atoms with Gasteiger partial charge in [-0.25, -0.2) is 0 Å². The average molecular weight is 216 g/mol. The zero-order valence-corrected chi connectivity index (χ0v) is 7.73. The third-order valence-corrected chi connectivity index (χ3v) is 1.61. The normalized spacial score (nSPS) is 9.50. The maximum Gasteiger partial charge on any atom is 0.326 e. The molecule has 1 rings (SSSR count). The van der Waals surface area contributed by atoms with E-state index >= 15 is 0 Å². The second-order valence-electron chi connectivity index (χ2n) is 2.36. The van der Waals surface area contributed by atoms with Crippen LogP contribution in [0.25, 0.3) is 0 Å². The van der Waals surface area contributed by atoms with Gasteiger partial charge in [0.05, 0.1) is 4.92 Å². The molecule has 0 saturated heterocycles. The highest BCUT2D eigenvalue weighted by molar-refractivity contribution is 6.26. The minimum absolute atomic E-state index is 0.0596. The Balaban J connectivity index is 2.73. The van der Waals surface area contributed by atoms with Gasteiger partial charge in [0.1, 0.15) is 11.6 Å².